The van der Waals surface area contributed by atoms with Gasteiger partial charge in [0.05, 0.1) is 19.1 Å². The molecule has 8 nitrogen and oxygen atoms in total. The number of anilines is 1. The van der Waals surface area contributed by atoms with Gasteiger partial charge in [-0.15, -0.1) is 0 Å². The largest absolute Gasteiger partial charge is 0.497 e. The third-order valence-corrected chi connectivity index (χ3v) is 7.65. The molecule has 2 atom stereocenters. The van der Waals surface area contributed by atoms with E-state index in [9.17, 15) is 18.0 Å². The first-order chi connectivity index (χ1) is 17.4. The number of aryl methyl sites for hydroxylation is 2. The van der Waals surface area contributed by atoms with Crippen LogP contribution >= 0.6 is 0 Å². The van der Waals surface area contributed by atoms with Crippen molar-refractivity contribution in [2.24, 2.45) is 0 Å². The molecule has 0 heterocycles. The highest BCUT2D eigenvalue weighted by molar-refractivity contribution is 7.92. The highest BCUT2D eigenvalue weighted by Crippen LogP contribution is 2.25. The van der Waals surface area contributed by atoms with Crippen molar-refractivity contribution in [1.29, 1.82) is 0 Å². The Balaban J connectivity index is 2.21. The van der Waals surface area contributed by atoms with Crippen LogP contribution in [-0.4, -0.2) is 57.1 Å². The van der Waals surface area contributed by atoms with Gasteiger partial charge in [0.15, 0.2) is 0 Å². The van der Waals surface area contributed by atoms with Gasteiger partial charge >= 0.3 is 0 Å². The molecule has 0 bridgehead atoms. The van der Waals surface area contributed by atoms with Crippen LogP contribution in [0, 0.1) is 13.8 Å². The number of carbonyl (C=O) groups is 2. The number of nitrogens with zero attached hydrogens (tertiary/aromatic N) is 2. The number of hydrogen-bond donors (Lipinski definition) is 1. The summed E-state index contributed by atoms with van der Waals surface area (Å²) >= 11 is 0. The van der Waals surface area contributed by atoms with Gasteiger partial charge in [-0.2, -0.15) is 0 Å². The van der Waals surface area contributed by atoms with Gasteiger partial charge in [0.1, 0.15) is 11.8 Å². The summed E-state index contributed by atoms with van der Waals surface area (Å²) in [5, 5.41) is 2.96. The Bertz CT molecular complexity index is 1160. The Morgan fingerprint density at radius 1 is 1.05 bits per heavy atom. The zero-order valence-electron chi connectivity index (χ0n) is 23.1. The molecule has 2 unspecified atom stereocenters. The number of sulfonamides is 1. The van der Waals surface area contributed by atoms with Gasteiger partial charge in [-0.05, 0) is 75.4 Å². The van der Waals surface area contributed by atoms with Crippen LogP contribution in [0.2, 0.25) is 0 Å². The fourth-order valence-electron chi connectivity index (χ4n) is 3.95. The van der Waals surface area contributed by atoms with Crippen molar-refractivity contribution in [2.45, 2.75) is 72.5 Å². The Morgan fingerprint density at radius 3 is 2.27 bits per heavy atom. The van der Waals surface area contributed by atoms with Crippen LogP contribution in [0.4, 0.5) is 5.69 Å². The highest BCUT2D eigenvalue weighted by atomic mass is 32.2. The molecule has 0 saturated carbocycles. The molecule has 37 heavy (non-hydrogen) atoms. The van der Waals surface area contributed by atoms with E-state index >= 15 is 0 Å². The summed E-state index contributed by atoms with van der Waals surface area (Å²) in [4.78, 5) is 27.9. The molecule has 0 aliphatic carbocycles. The fourth-order valence-corrected chi connectivity index (χ4v) is 4.96. The Hall–Kier alpha value is -3.07. The molecule has 2 rings (SSSR count). The van der Waals surface area contributed by atoms with Gasteiger partial charge in [-0.1, -0.05) is 31.2 Å². The second kappa shape index (κ2) is 13.5. The van der Waals surface area contributed by atoms with E-state index in [1.807, 2.05) is 70.2 Å². The first-order valence-corrected chi connectivity index (χ1v) is 14.5. The van der Waals surface area contributed by atoms with Crippen molar-refractivity contribution < 1.29 is 22.7 Å². The van der Waals surface area contributed by atoms with Crippen LogP contribution in [0.1, 0.15) is 56.7 Å². The molecule has 2 aromatic carbocycles. The lowest BCUT2D eigenvalue weighted by atomic mass is 10.1. The predicted molar refractivity (Wildman–Crippen MR) is 148 cm³/mol. The summed E-state index contributed by atoms with van der Waals surface area (Å²) in [6, 6.07) is 12.3. The van der Waals surface area contributed by atoms with Crippen LogP contribution in [0.25, 0.3) is 0 Å². The molecular formula is C28H41N3O5S. The zero-order chi connectivity index (χ0) is 27.8. The van der Waals surface area contributed by atoms with Crippen LogP contribution in [0.5, 0.6) is 5.75 Å². The third-order valence-electron chi connectivity index (χ3n) is 6.47. The number of hydrogen-bond acceptors (Lipinski definition) is 5. The Morgan fingerprint density at radius 2 is 1.70 bits per heavy atom. The van der Waals surface area contributed by atoms with E-state index in [1.54, 1.807) is 18.9 Å². The van der Waals surface area contributed by atoms with E-state index in [4.69, 9.17) is 4.74 Å². The number of benzene rings is 2. The standard InChI is InChI=1S/C28H41N3O5S/c1-8-22(4)29-28(33)23(5)30(19-24-13-15-25(36-6)16-14-24)27(32)10-9-17-31(37(7,34)35)26-18-20(2)11-12-21(26)3/h11-16,18,22-23H,8-10,17,19H2,1-7H3,(H,29,33). The molecular weight excluding hydrogens is 490 g/mol. The second-order valence-electron chi connectivity index (χ2n) is 9.59. The maximum Gasteiger partial charge on any atom is 0.242 e. The van der Waals surface area contributed by atoms with Gasteiger partial charge in [-0.3, -0.25) is 13.9 Å². The number of carbonyl (C=O) groups excluding carboxylic acids is 2. The maximum atomic E-state index is 13.4. The molecule has 0 fully saturated rings. The molecule has 2 amide bonds. The predicted octanol–water partition coefficient (Wildman–Crippen LogP) is 4.19. The number of methoxy groups -OCH3 is 1. The van der Waals surface area contributed by atoms with Crippen LogP contribution in [0.3, 0.4) is 0 Å². The molecule has 0 spiro atoms. The quantitative estimate of drug-likeness (QED) is 0.418. The van der Waals surface area contributed by atoms with E-state index in [-0.39, 0.29) is 37.4 Å². The Labute approximate surface area is 222 Å². The minimum absolute atomic E-state index is 0.00576. The van der Waals surface area contributed by atoms with Gasteiger partial charge < -0.3 is 15.0 Å². The molecule has 2 aromatic rings. The second-order valence-corrected chi connectivity index (χ2v) is 11.5. The normalized spacial score (nSPS) is 12.9. The average molecular weight is 532 g/mol. The maximum absolute atomic E-state index is 13.4. The number of amides is 2. The van der Waals surface area contributed by atoms with Gasteiger partial charge in [0, 0.05) is 25.6 Å². The van der Waals surface area contributed by atoms with Crippen molar-refractivity contribution >= 4 is 27.5 Å². The number of rotatable bonds is 13. The van der Waals surface area contributed by atoms with Crippen molar-refractivity contribution in [3.8, 4) is 5.75 Å². The van der Waals surface area contributed by atoms with E-state index in [1.165, 1.54) is 10.6 Å². The topological polar surface area (TPSA) is 96.0 Å². The third kappa shape index (κ3) is 8.77. The van der Waals surface area contributed by atoms with Crippen molar-refractivity contribution in [3.05, 3.63) is 59.2 Å². The fraction of sp³-hybridized carbons (Fsp3) is 0.500. The molecule has 204 valence electrons. The summed E-state index contributed by atoms with van der Waals surface area (Å²) in [5.74, 6) is 0.276. The lowest BCUT2D eigenvalue weighted by Crippen LogP contribution is -2.49. The molecule has 0 radical (unpaired) electrons. The first kappa shape index (κ1) is 30.2. The van der Waals surface area contributed by atoms with E-state index in [0.29, 0.717) is 17.9 Å². The molecule has 1 N–H and O–H groups in total. The van der Waals surface area contributed by atoms with Crippen molar-refractivity contribution in [1.82, 2.24) is 10.2 Å². The van der Waals surface area contributed by atoms with E-state index in [2.05, 4.69) is 5.32 Å². The molecule has 0 aliphatic heterocycles. The monoisotopic (exact) mass is 531 g/mol. The van der Waals surface area contributed by atoms with Gasteiger partial charge in [0.25, 0.3) is 0 Å². The minimum atomic E-state index is -3.54. The number of ether oxygens (including phenoxy) is 1. The lowest BCUT2D eigenvalue weighted by molar-refractivity contribution is -0.140. The molecule has 0 aliphatic rings. The zero-order valence-corrected chi connectivity index (χ0v) is 23.9. The average Bonchev–Trinajstić information content (AvgIpc) is 2.85. The van der Waals surface area contributed by atoms with Crippen molar-refractivity contribution in [3.63, 3.8) is 0 Å². The summed E-state index contributed by atoms with van der Waals surface area (Å²) in [6.07, 6.45) is 2.38. The summed E-state index contributed by atoms with van der Waals surface area (Å²) in [5.41, 5.74) is 3.28. The Kier molecular flexibility index (Phi) is 11.0. The van der Waals surface area contributed by atoms with Gasteiger partial charge in [0.2, 0.25) is 21.8 Å². The molecule has 0 aromatic heterocycles. The lowest BCUT2D eigenvalue weighted by Gasteiger charge is -2.30. The minimum Gasteiger partial charge on any atom is -0.497 e. The first-order valence-electron chi connectivity index (χ1n) is 12.6. The van der Waals surface area contributed by atoms with Gasteiger partial charge in [-0.25, -0.2) is 8.42 Å². The van der Waals surface area contributed by atoms with Crippen LogP contribution in [0.15, 0.2) is 42.5 Å². The summed E-state index contributed by atoms with van der Waals surface area (Å²) in [6.45, 7) is 9.83. The SMILES string of the molecule is CCC(C)NC(=O)C(C)N(Cc1ccc(OC)cc1)C(=O)CCCN(c1cc(C)ccc1C)S(C)(=O)=O. The van der Waals surface area contributed by atoms with Crippen LogP contribution in [-0.2, 0) is 26.2 Å². The smallest absolute Gasteiger partial charge is 0.242 e. The number of nitrogens with one attached hydrogen (secondary N) is 1. The van der Waals surface area contributed by atoms with Crippen molar-refractivity contribution in [2.75, 3.05) is 24.2 Å². The molecule has 0 saturated heterocycles. The van der Waals surface area contributed by atoms with E-state index < -0.39 is 16.1 Å². The van der Waals surface area contributed by atoms with Crippen LogP contribution < -0.4 is 14.4 Å². The highest BCUT2D eigenvalue weighted by Gasteiger charge is 2.27. The summed E-state index contributed by atoms with van der Waals surface area (Å²) in [7, 11) is -1.96. The molecule has 9 heteroatoms. The van der Waals surface area contributed by atoms with E-state index in [0.717, 1.165) is 23.1 Å². The summed E-state index contributed by atoms with van der Waals surface area (Å²) < 4.78 is 31.8.